The zero-order chi connectivity index (χ0) is 13.9. The molecule has 0 unspecified atom stereocenters. The lowest BCUT2D eigenvalue weighted by Gasteiger charge is -1.99. The third-order valence-electron chi connectivity index (χ3n) is 3.19. The van der Waals surface area contributed by atoms with Gasteiger partial charge in [-0.05, 0) is 6.42 Å². The van der Waals surface area contributed by atoms with E-state index in [4.69, 9.17) is 11.6 Å². The summed E-state index contributed by atoms with van der Waals surface area (Å²) >= 11 is 5.38. The highest BCUT2D eigenvalue weighted by Crippen LogP contribution is 2.09. The summed E-state index contributed by atoms with van der Waals surface area (Å²) in [7, 11) is 0. The third kappa shape index (κ3) is 25.2. The van der Waals surface area contributed by atoms with Crippen LogP contribution in [0.4, 0.5) is 0 Å². The zero-order valence-corrected chi connectivity index (χ0v) is 14.0. The average molecular weight is 277 g/mol. The van der Waals surface area contributed by atoms with Gasteiger partial charge in [0, 0.05) is 5.88 Å². The second-order valence-electron chi connectivity index (χ2n) is 5.22. The lowest BCUT2D eigenvalue weighted by Crippen LogP contribution is -1.80. The van der Waals surface area contributed by atoms with Gasteiger partial charge in [0.2, 0.25) is 0 Å². The van der Waals surface area contributed by atoms with Gasteiger partial charge in [0.25, 0.3) is 0 Å². The Bertz CT molecular complexity index is 98.2. The summed E-state index contributed by atoms with van der Waals surface area (Å²) in [6, 6.07) is 0. The third-order valence-corrected chi connectivity index (χ3v) is 3.46. The Morgan fingerprint density at radius 3 is 0.944 bits per heavy atom. The molecule has 0 aliphatic heterocycles. The van der Waals surface area contributed by atoms with Gasteiger partial charge in [-0.3, -0.25) is 0 Å². The van der Waals surface area contributed by atoms with Crippen LogP contribution >= 0.6 is 11.6 Å². The van der Waals surface area contributed by atoms with Gasteiger partial charge in [-0.2, -0.15) is 0 Å². The van der Waals surface area contributed by atoms with Crippen molar-refractivity contribution in [3.05, 3.63) is 0 Å². The number of unbranched alkanes of at least 4 members (excludes halogenated alkanes) is 11. The molecule has 0 saturated carbocycles. The van der Waals surface area contributed by atoms with Gasteiger partial charge in [-0.1, -0.05) is 97.8 Å². The van der Waals surface area contributed by atoms with Gasteiger partial charge < -0.3 is 0 Å². The van der Waals surface area contributed by atoms with Crippen molar-refractivity contribution in [1.29, 1.82) is 0 Å². The van der Waals surface area contributed by atoms with E-state index >= 15 is 0 Å². The van der Waals surface area contributed by atoms with Crippen molar-refractivity contribution in [2.75, 3.05) is 5.88 Å². The molecule has 0 atom stereocenters. The van der Waals surface area contributed by atoms with E-state index in [-0.39, 0.29) is 0 Å². The summed E-state index contributed by atoms with van der Waals surface area (Å²) in [5.74, 6) is 0.827. The Balaban J connectivity index is 0. The molecular formula is C17H37Cl. The van der Waals surface area contributed by atoms with Crippen LogP contribution in [0.2, 0.25) is 0 Å². The molecule has 0 rings (SSSR count). The monoisotopic (exact) mass is 276 g/mol. The summed E-state index contributed by atoms with van der Waals surface area (Å²) in [6.07, 6.45) is 18.2. The fourth-order valence-electron chi connectivity index (χ4n) is 1.91. The summed E-state index contributed by atoms with van der Waals surface area (Å²) < 4.78 is 0. The molecule has 0 radical (unpaired) electrons. The predicted octanol–water partition coefficient (Wildman–Crippen LogP) is 7.34. The van der Waals surface area contributed by atoms with Crippen molar-refractivity contribution in [2.24, 2.45) is 0 Å². The maximum absolute atomic E-state index is 5.38. The highest BCUT2D eigenvalue weighted by atomic mass is 35.5. The van der Waals surface area contributed by atoms with Gasteiger partial charge in [0.1, 0.15) is 0 Å². The van der Waals surface area contributed by atoms with Gasteiger partial charge in [-0.25, -0.2) is 0 Å². The molecule has 0 aromatic rings. The molecule has 0 spiro atoms. The molecule has 0 aliphatic carbocycles. The van der Waals surface area contributed by atoms with Crippen molar-refractivity contribution in [3.63, 3.8) is 0 Å². The SMILES string of the molecule is CCCCCCCCCCCC.CCCCCCl. The highest BCUT2D eigenvalue weighted by molar-refractivity contribution is 6.17. The summed E-state index contributed by atoms with van der Waals surface area (Å²) in [4.78, 5) is 0. The first-order valence-corrected chi connectivity index (χ1v) is 8.92. The van der Waals surface area contributed by atoms with Crippen molar-refractivity contribution in [1.82, 2.24) is 0 Å². The Morgan fingerprint density at radius 1 is 0.444 bits per heavy atom. The van der Waals surface area contributed by atoms with Crippen molar-refractivity contribution < 1.29 is 0 Å². The summed E-state index contributed by atoms with van der Waals surface area (Å²) in [5.41, 5.74) is 0. The molecule has 0 nitrogen and oxygen atoms in total. The fourth-order valence-corrected chi connectivity index (χ4v) is 2.09. The van der Waals surface area contributed by atoms with Crippen LogP contribution < -0.4 is 0 Å². The minimum absolute atomic E-state index is 0.827. The Hall–Kier alpha value is 0.290. The van der Waals surface area contributed by atoms with Crippen molar-refractivity contribution >= 4 is 11.6 Å². The van der Waals surface area contributed by atoms with Gasteiger partial charge in [0.05, 0.1) is 0 Å². The van der Waals surface area contributed by atoms with Crippen molar-refractivity contribution in [3.8, 4) is 0 Å². The quantitative estimate of drug-likeness (QED) is 0.258. The maximum atomic E-state index is 5.38. The van der Waals surface area contributed by atoms with Gasteiger partial charge >= 0.3 is 0 Å². The summed E-state index contributed by atoms with van der Waals surface area (Å²) in [5, 5.41) is 0. The molecule has 0 aliphatic rings. The first kappa shape index (κ1) is 20.6. The maximum Gasteiger partial charge on any atom is 0.0223 e. The topological polar surface area (TPSA) is 0 Å². The standard InChI is InChI=1S/C12H26.C5H11Cl/c1-3-5-7-9-11-12-10-8-6-4-2;1-2-3-4-5-6/h3-12H2,1-2H3;2-5H2,1H3. The van der Waals surface area contributed by atoms with E-state index in [1.54, 1.807) is 0 Å². The smallest absolute Gasteiger partial charge is 0.0223 e. The van der Waals surface area contributed by atoms with E-state index in [1.807, 2.05) is 0 Å². The molecule has 0 saturated heterocycles. The average Bonchev–Trinajstić information content (AvgIpc) is 2.40. The molecule has 0 fully saturated rings. The molecule has 0 aromatic carbocycles. The van der Waals surface area contributed by atoms with E-state index in [0.717, 1.165) is 5.88 Å². The highest BCUT2D eigenvalue weighted by Gasteiger charge is 1.90. The summed E-state index contributed by atoms with van der Waals surface area (Å²) in [6.45, 7) is 6.73. The van der Waals surface area contributed by atoms with E-state index in [9.17, 15) is 0 Å². The molecule has 0 heterocycles. The van der Waals surface area contributed by atoms with Crippen molar-refractivity contribution in [2.45, 2.75) is 104 Å². The number of alkyl halides is 1. The minimum atomic E-state index is 0.827. The van der Waals surface area contributed by atoms with Crippen LogP contribution in [0.25, 0.3) is 0 Å². The van der Waals surface area contributed by atoms with Crippen LogP contribution in [0.3, 0.4) is 0 Å². The van der Waals surface area contributed by atoms with Crippen LogP contribution in [0, 0.1) is 0 Å². The number of hydrogen-bond donors (Lipinski definition) is 0. The Kier molecular flexibility index (Phi) is 25.7. The largest absolute Gasteiger partial charge is 0.127 e. The second kappa shape index (κ2) is 22.5. The molecule has 0 aromatic heterocycles. The molecule has 112 valence electrons. The van der Waals surface area contributed by atoms with Gasteiger partial charge in [-0.15, -0.1) is 11.6 Å². The van der Waals surface area contributed by atoms with Crippen LogP contribution in [0.5, 0.6) is 0 Å². The Morgan fingerprint density at radius 2 is 0.722 bits per heavy atom. The molecule has 0 N–H and O–H groups in total. The fraction of sp³-hybridized carbons (Fsp3) is 1.00. The molecular weight excluding hydrogens is 240 g/mol. The van der Waals surface area contributed by atoms with E-state index < -0.39 is 0 Å². The van der Waals surface area contributed by atoms with Crippen LogP contribution in [-0.4, -0.2) is 5.88 Å². The van der Waals surface area contributed by atoms with Crippen LogP contribution in [0.15, 0.2) is 0 Å². The van der Waals surface area contributed by atoms with Gasteiger partial charge in [0.15, 0.2) is 0 Å². The van der Waals surface area contributed by atoms with E-state index in [0.29, 0.717) is 0 Å². The van der Waals surface area contributed by atoms with Crippen LogP contribution in [-0.2, 0) is 0 Å². The van der Waals surface area contributed by atoms with E-state index in [1.165, 1.54) is 83.5 Å². The predicted molar refractivity (Wildman–Crippen MR) is 87.8 cm³/mol. The first-order valence-electron chi connectivity index (χ1n) is 8.39. The molecule has 1 heteroatoms. The minimum Gasteiger partial charge on any atom is -0.127 e. The number of halogens is 1. The lowest BCUT2D eigenvalue weighted by molar-refractivity contribution is 0.562. The lowest BCUT2D eigenvalue weighted by atomic mass is 10.1. The van der Waals surface area contributed by atoms with E-state index in [2.05, 4.69) is 20.8 Å². The number of hydrogen-bond acceptors (Lipinski definition) is 0. The Labute approximate surface area is 122 Å². The zero-order valence-electron chi connectivity index (χ0n) is 13.3. The molecule has 18 heavy (non-hydrogen) atoms. The second-order valence-corrected chi connectivity index (χ2v) is 5.60. The molecule has 0 amide bonds. The molecule has 0 bridgehead atoms. The first-order chi connectivity index (χ1) is 8.83. The number of rotatable bonds is 12. The normalized spacial score (nSPS) is 10.0. The van der Waals surface area contributed by atoms with Crippen LogP contribution in [0.1, 0.15) is 104 Å².